The van der Waals surface area contributed by atoms with Gasteiger partial charge in [0.25, 0.3) is 5.91 Å². The Hall–Kier alpha value is -3.14. The van der Waals surface area contributed by atoms with Crippen molar-refractivity contribution in [3.63, 3.8) is 0 Å². The van der Waals surface area contributed by atoms with E-state index in [-0.39, 0.29) is 6.61 Å². The molecule has 0 aliphatic rings. The van der Waals surface area contributed by atoms with E-state index in [1.165, 1.54) is 13.8 Å². The second-order valence-electron chi connectivity index (χ2n) is 6.75. The summed E-state index contributed by atoms with van der Waals surface area (Å²) in [6.07, 6.45) is 0. The van der Waals surface area contributed by atoms with Crippen LogP contribution in [0.4, 0.5) is 0 Å². The average Bonchev–Trinajstić information content (AvgIpc) is 2.64. The number of nitrogens with one attached hydrogen (secondary N) is 1. The van der Waals surface area contributed by atoms with Crippen LogP contribution in [0.15, 0.2) is 48.5 Å². The molecule has 0 bridgehead atoms. The molecule has 0 unspecified atom stereocenters. The molecule has 2 aromatic carbocycles. The van der Waals surface area contributed by atoms with Gasteiger partial charge in [0.2, 0.25) is 0 Å². The smallest absolute Gasteiger partial charge is 0.328 e. The Balaban J connectivity index is 2.09. The van der Waals surface area contributed by atoms with Gasteiger partial charge in [0.1, 0.15) is 6.04 Å². The molecule has 2 rings (SSSR count). The largest absolute Gasteiger partial charge is 0.480 e. The van der Waals surface area contributed by atoms with Gasteiger partial charge in [-0.2, -0.15) is 0 Å². The Morgan fingerprint density at radius 2 is 1.52 bits per heavy atom. The van der Waals surface area contributed by atoms with Crippen LogP contribution in [-0.4, -0.2) is 33.7 Å². The van der Waals surface area contributed by atoms with Crippen LogP contribution in [-0.2, 0) is 11.4 Å². The second kappa shape index (κ2) is 8.49. The summed E-state index contributed by atoms with van der Waals surface area (Å²) in [7, 11) is 0. The minimum atomic E-state index is -1.20. The quantitative estimate of drug-likeness (QED) is 0.599. The standard InChI is InChI=1S/C21H22N2O4/c1-21(2,22)18(20(26)27)23-19(25)17-11-9-15(10-12-17)4-3-14-5-7-16(13-24)8-6-14/h5-12,18,24H,13,22H2,1-2H3,(H,23,25)(H,26,27)/t18-/m1/s1. The molecular weight excluding hydrogens is 344 g/mol. The summed E-state index contributed by atoms with van der Waals surface area (Å²) in [5.74, 6) is 4.29. The van der Waals surface area contributed by atoms with Crippen LogP contribution in [0.5, 0.6) is 0 Å². The second-order valence-corrected chi connectivity index (χ2v) is 6.75. The van der Waals surface area contributed by atoms with Crippen molar-refractivity contribution in [3.8, 4) is 11.8 Å². The molecule has 0 saturated heterocycles. The number of rotatable bonds is 5. The highest BCUT2D eigenvalue weighted by molar-refractivity contribution is 5.97. The van der Waals surface area contributed by atoms with Crippen molar-refractivity contribution in [2.45, 2.75) is 32.0 Å². The maximum absolute atomic E-state index is 12.3. The van der Waals surface area contributed by atoms with Gasteiger partial charge in [0, 0.05) is 22.2 Å². The molecule has 140 valence electrons. The van der Waals surface area contributed by atoms with Gasteiger partial charge < -0.3 is 21.3 Å². The fraction of sp³-hybridized carbons (Fsp3) is 0.238. The molecule has 0 aromatic heterocycles. The summed E-state index contributed by atoms with van der Waals surface area (Å²) in [6.45, 7) is 3.07. The Bertz CT molecular complexity index is 870. The van der Waals surface area contributed by atoms with Gasteiger partial charge in [-0.1, -0.05) is 24.0 Å². The van der Waals surface area contributed by atoms with E-state index < -0.39 is 23.5 Å². The molecule has 5 N–H and O–H groups in total. The molecule has 0 spiro atoms. The summed E-state index contributed by atoms with van der Waals surface area (Å²) in [6, 6.07) is 12.6. The van der Waals surface area contributed by atoms with Gasteiger partial charge in [-0.05, 0) is 55.8 Å². The van der Waals surface area contributed by atoms with Crippen molar-refractivity contribution in [2.75, 3.05) is 0 Å². The minimum absolute atomic E-state index is 0.0126. The SMILES string of the molecule is CC(C)(N)[C@H](NC(=O)c1ccc(C#Cc2ccc(CO)cc2)cc1)C(=O)O. The van der Waals surface area contributed by atoms with Crippen LogP contribution in [0, 0.1) is 11.8 Å². The number of benzene rings is 2. The predicted molar refractivity (Wildman–Crippen MR) is 102 cm³/mol. The van der Waals surface area contributed by atoms with Crippen LogP contribution < -0.4 is 11.1 Å². The number of hydrogen-bond acceptors (Lipinski definition) is 4. The first kappa shape index (κ1) is 20.2. The molecule has 6 nitrogen and oxygen atoms in total. The van der Waals surface area contributed by atoms with Gasteiger partial charge in [0.05, 0.1) is 6.61 Å². The van der Waals surface area contributed by atoms with Crippen LogP contribution in [0.1, 0.15) is 40.9 Å². The van der Waals surface area contributed by atoms with Crippen LogP contribution in [0.25, 0.3) is 0 Å². The Morgan fingerprint density at radius 1 is 1.04 bits per heavy atom. The zero-order valence-corrected chi connectivity index (χ0v) is 15.2. The van der Waals surface area contributed by atoms with Crippen LogP contribution in [0.3, 0.4) is 0 Å². The zero-order chi connectivity index (χ0) is 20.0. The van der Waals surface area contributed by atoms with E-state index in [2.05, 4.69) is 17.2 Å². The van der Waals surface area contributed by atoms with Crippen molar-refractivity contribution < 1.29 is 19.8 Å². The summed E-state index contributed by atoms with van der Waals surface area (Å²) in [4.78, 5) is 23.6. The maximum Gasteiger partial charge on any atom is 0.328 e. The molecule has 27 heavy (non-hydrogen) atoms. The number of aliphatic hydroxyl groups excluding tert-OH is 1. The van der Waals surface area contributed by atoms with Crippen molar-refractivity contribution in [3.05, 3.63) is 70.8 Å². The zero-order valence-electron chi connectivity index (χ0n) is 15.2. The van der Waals surface area contributed by atoms with Crippen LogP contribution in [0.2, 0.25) is 0 Å². The molecular formula is C21H22N2O4. The lowest BCUT2D eigenvalue weighted by Gasteiger charge is -2.27. The lowest BCUT2D eigenvalue weighted by Crippen LogP contribution is -2.58. The third-order valence-corrected chi connectivity index (χ3v) is 3.90. The fourth-order valence-electron chi connectivity index (χ4n) is 2.32. The van der Waals surface area contributed by atoms with Crippen LogP contribution >= 0.6 is 0 Å². The normalized spacial score (nSPS) is 11.9. The maximum atomic E-state index is 12.3. The Morgan fingerprint density at radius 3 is 1.93 bits per heavy atom. The van der Waals surface area contributed by atoms with Gasteiger partial charge in [-0.15, -0.1) is 0 Å². The summed E-state index contributed by atoms with van der Waals surface area (Å²) in [5, 5.41) is 20.7. The minimum Gasteiger partial charge on any atom is -0.480 e. The average molecular weight is 366 g/mol. The molecule has 1 atom stereocenters. The molecule has 0 saturated carbocycles. The predicted octanol–water partition coefficient (Wildman–Crippen LogP) is 1.50. The lowest BCUT2D eigenvalue weighted by atomic mass is 9.95. The van der Waals surface area contributed by atoms with E-state index in [0.717, 1.165) is 11.1 Å². The molecule has 0 aliphatic carbocycles. The van der Waals surface area contributed by atoms with Gasteiger partial charge in [0.15, 0.2) is 0 Å². The van der Waals surface area contributed by atoms with Crippen molar-refractivity contribution in [2.24, 2.45) is 5.73 Å². The third-order valence-electron chi connectivity index (χ3n) is 3.90. The molecule has 0 aliphatic heterocycles. The van der Waals surface area contributed by atoms with E-state index >= 15 is 0 Å². The monoisotopic (exact) mass is 366 g/mol. The van der Waals surface area contributed by atoms with E-state index in [4.69, 9.17) is 10.8 Å². The highest BCUT2D eigenvalue weighted by Gasteiger charge is 2.33. The number of carboxylic acid groups (broad SMARTS) is 1. The lowest BCUT2D eigenvalue weighted by molar-refractivity contribution is -0.140. The first-order valence-electron chi connectivity index (χ1n) is 8.35. The molecule has 0 heterocycles. The Kier molecular flexibility index (Phi) is 6.35. The van der Waals surface area contributed by atoms with Gasteiger partial charge in [-0.3, -0.25) is 4.79 Å². The fourth-order valence-corrected chi connectivity index (χ4v) is 2.32. The number of carbonyl (C=O) groups is 2. The number of nitrogens with two attached hydrogens (primary N) is 1. The van der Waals surface area contributed by atoms with E-state index in [1.807, 2.05) is 12.1 Å². The molecule has 0 fully saturated rings. The van der Waals surface area contributed by atoms with Crippen molar-refractivity contribution >= 4 is 11.9 Å². The molecule has 2 aromatic rings. The van der Waals surface area contributed by atoms with E-state index in [1.54, 1.807) is 36.4 Å². The molecule has 6 heteroatoms. The van der Waals surface area contributed by atoms with Gasteiger partial charge >= 0.3 is 5.97 Å². The van der Waals surface area contributed by atoms with E-state index in [0.29, 0.717) is 11.1 Å². The highest BCUT2D eigenvalue weighted by atomic mass is 16.4. The number of carbonyl (C=O) groups excluding carboxylic acids is 1. The number of amides is 1. The summed E-state index contributed by atoms with van der Waals surface area (Å²) in [5.41, 5.74) is 7.38. The summed E-state index contributed by atoms with van der Waals surface area (Å²) >= 11 is 0. The molecule has 1 amide bonds. The highest BCUT2D eigenvalue weighted by Crippen LogP contribution is 2.09. The first-order chi connectivity index (χ1) is 12.7. The number of carboxylic acids is 1. The number of aliphatic hydroxyl groups is 1. The van der Waals surface area contributed by atoms with Crippen molar-refractivity contribution in [1.29, 1.82) is 0 Å². The topological polar surface area (TPSA) is 113 Å². The number of hydrogen-bond donors (Lipinski definition) is 4. The Labute approximate surface area is 158 Å². The number of aliphatic carboxylic acids is 1. The van der Waals surface area contributed by atoms with Crippen molar-refractivity contribution in [1.82, 2.24) is 5.32 Å². The summed E-state index contributed by atoms with van der Waals surface area (Å²) < 4.78 is 0. The first-order valence-corrected chi connectivity index (χ1v) is 8.35. The van der Waals surface area contributed by atoms with E-state index in [9.17, 15) is 14.7 Å². The molecule has 0 radical (unpaired) electrons. The third kappa shape index (κ3) is 5.68. The van der Waals surface area contributed by atoms with Gasteiger partial charge in [-0.25, -0.2) is 4.79 Å².